The van der Waals surface area contributed by atoms with E-state index in [1.165, 1.54) is 23.1 Å². The average molecular weight is 593 g/mol. The lowest BCUT2D eigenvalue weighted by Crippen LogP contribution is -2.52. The van der Waals surface area contributed by atoms with E-state index in [1.54, 1.807) is 6.92 Å². The minimum absolute atomic E-state index is 0.0711. The third kappa shape index (κ3) is 7.86. The van der Waals surface area contributed by atoms with Gasteiger partial charge in [0.2, 0.25) is 21.8 Å². The van der Waals surface area contributed by atoms with Crippen molar-refractivity contribution in [3.8, 4) is 0 Å². The standard InChI is InChI=1S/C23H28BrCl2N3O4S/c1-5-15(2)27-23(31)16(3)28(13-17-7-6-8-18(24)11-17)22(30)14-29(34(4,32)33)21-10-9-19(25)12-20(21)26/h6-12,15-16H,5,13-14H2,1-4H3,(H,27,31). The Morgan fingerprint density at radius 2 is 1.79 bits per heavy atom. The van der Waals surface area contributed by atoms with Crippen molar-refractivity contribution in [2.75, 3.05) is 17.1 Å². The molecule has 2 aromatic carbocycles. The molecule has 11 heteroatoms. The molecule has 7 nitrogen and oxygen atoms in total. The maximum atomic E-state index is 13.5. The number of hydrogen-bond acceptors (Lipinski definition) is 4. The number of rotatable bonds is 10. The summed E-state index contributed by atoms with van der Waals surface area (Å²) < 4.78 is 26.9. The Bertz CT molecular complexity index is 1150. The zero-order chi connectivity index (χ0) is 25.6. The van der Waals surface area contributed by atoms with E-state index < -0.39 is 28.5 Å². The van der Waals surface area contributed by atoms with Crippen molar-refractivity contribution in [3.63, 3.8) is 0 Å². The Morgan fingerprint density at radius 1 is 1.12 bits per heavy atom. The van der Waals surface area contributed by atoms with Crippen LogP contribution in [0, 0.1) is 0 Å². The van der Waals surface area contributed by atoms with E-state index in [0.717, 1.165) is 27.0 Å². The van der Waals surface area contributed by atoms with Gasteiger partial charge in [0.15, 0.2) is 0 Å². The molecule has 186 valence electrons. The second kappa shape index (κ2) is 12.2. The van der Waals surface area contributed by atoms with Gasteiger partial charge in [-0.1, -0.05) is 58.2 Å². The summed E-state index contributed by atoms with van der Waals surface area (Å²) in [4.78, 5) is 27.7. The first kappa shape index (κ1) is 28.4. The summed E-state index contributed by atoms with van der Waals surface area (Å²) in [6.07, 6.45) is 1.72. The number of nitrogens with zero attached hydrogens (tertiary/aromatic N) is 2. The van der Waals surface area contributed by atoms with Gasteiger partial charge < -0.3 is 10.2 Å². The van der Waals surface area contributed by atoms with Crippen molar-refractivity contribution in [3.05, 3.63) is 62.5 Å². The fourth-order valence-corrected chi connectivity index (χ4v) is 5.03. The fourth-order valence-electron chi connectivity index (χ4n) is 3.16. The smallest absolute Gasteiger partial charge is 0.244 e. The number of anilines is 1. The monoisotopic (exact) mass is 591 g/mol. The van der Waals surface area contributed by atoms with Crippen LogP contribution < -0.4 is 9.62 Å². The molecule has 0 saturated heterocycles. The Morgan fingerprint density at radius 3 is 2.35 bits per heavy atom. The first-order chi connectivity index (χ1) is 15.8. The molecule has 2 amide bonds. The van der Waals surface area contributed by atoms with E-state index in [0.29, 0.717) is 5.02 Å². The number of benzene rings is 2. The van der Waals surface area contributed by atoms with Gasteiger partial charge in [-0.25, -0.2) is 8.42 Å². The molecule has 0 saturated carbocycles. The molecule has 0 aliphatic heterocycles. The maximum Gasteiger partial charge on any atom is 0.244 e. The molecule has 34 heavy (non-hydrogen) atoms. The zero-order valence-electron chi connectivity index (χ0n) is 19.4. The van der Waals surface area contributed by atoms with Crippen LogP contribution in [-0.2, 0) is 26.2 Å². The highest BCUT2D eigenvalue weighted by atomic mass is 79.9. The van der Waals surface area contributed by atoms with Gasteiger partial charge in [0.05, 0.1) is 17.0 Å². The minimum Gasteiger partial charge on any atom is -0.352 e. The van der Waals surface area contributed by atoms with Gasteiger partial charge in [0.1, 0.15) is 12.6 Å². The van der Waals surface area contributed by atoms with E-state index in [-0.39, 0.29) is 29.2 Å². The quantitative estimate of drug-likeness (QED) is 0.427. The second-order valence-corrected chi connectivity index (χ2v) is 11.7. The summed E-state index contributed by atoms with van der Waals surface area (Å²) in [7, 11) is -3.88. The molecule has 0 fully saturated rings. The lowest BCUT2D eigenvalue weighted by atomic mass is 10.1. The van der Waals surface area contributed by atoms with Gasteiger partial charge in [-0.15, -0.1) is 0 Å². The molecule has 2 aromatic rings. The molecule has 0 heterocycles. The summed E-state index contributed by atoms with van der Waals surface area (Å²) >= 11 is 15.6. The number of carbonyl (C=O) groups is 2. The largest absolute Gasteiger partial charge is 0.352 e. The molecule has 0 spiro atoms. The van der Waals surface area contributed by atoms with Crippen molar-refractivity contribution in [1.82, 2.24) is 10.2 Å². The molecule has 0 aromatic heterocycles. The van der Waals surface area contributed by atoms with Crippen molar-refractivity contribution in [2.45, 2.75) is 45.8 Å². The van der Waals surface area contributed by atoms with Crippen LogP contribution in [0.4, 0.5) is 5.69 Å². The Balaban J connectivity index is 2.42. The third-order valence-electron chi connectivity index (χ3n) is 5.27. The van der Waals surface area contributed by atoms with E-state index in [9.17, 15) is 18.0 Å². The van der Waals surface area contributed by atoms with Crippen molar-refractivity contribution < 1.29 is 18.0 Å². The molecular weight excluding hydrogens is 565 g/mol. The molecule has 1 N–H and O–H groups in total. The summed E-state index contributed by atoms with van der Waals surface area (Å²) in [6.45, 7) is 5.01. The van der Waals surface area contributed by atoms with Crippen LogP contribution >= 0.6 is 39.1 Å². The summed E-state index contributed by atoms with van der Waals surface area (Å²) in [5.41, 5.74) is 0.905. The Labute approximate surface area is 219 Å². The molecule has 0 aliphatic carbocycles. The van der Waals surface area contributed by atoms with Gasteiger partial charge in [0, 0.05) is 22.1 Å². The lowest BCUT2D eigenvalue weighted by molar-refractivity contribution is -0.139. The van der Waals surface area contributed by atoms with E-state index >= 15 is 0 Å². The van der Waals surface area contributed by atoms with Crippen LogP contribution in [0.5, 0.6) is 0 Å². The summed E-state index contributed by atoms with van der Waals surface area (Å²) in [5.74, 6) is -0.878. The molecular formula is C23H28BrCl2N3O4S. The van der Waals surface area contributed by atoms with Crippen LogP contribution in [0.3, 0.4) is 0 Å². The van der Waals surface area contributed by atoms with E-state index in [4.69, 9.17) is 23.2 Å². The maximum absolute atomic E-state index is 13.5. The number of halogens is 3. The van der Waals surface area contributed by atoms with Crippen LogP contribution in [-0.4, -0.2) is 50.0 Å². The Kier molecular flexibility index (Phi) is 10.2. The highest BCUT2D eigenvalue weighted by Crippen LogP contribution is 2.30. The van der Waals surface area contributed by atoms with Crippen LogP contribution in [0.1, 0.15) is 32.8 Å². The molecule has 0 aliphatic rings. The van der Waals surface area contributed by atoms with E-state index in [1.807, 2.05) is 38.1 Å². The first-order valence-corrected chi connectivity index (χ1v) is 14.0. The van der Waals surface area contributed by atoms with Crippen LogP contribution in [0.25, 0.3) is 0 Å². The van der Waals surface area contributed by atoms with Gasteiger partial charge >= 0.3 is 0 Å². The lowest BCUT2D eigenvalue weighted by Gasteiger charge is -2.32. The van der Waals surface area contributed by atoms with Crippen molar-refractivity contribution >= 4 is 66.7 Å². The number of sulfonamides is 1. The van der Waals surface area contributed by atoms with Crippen LogP contribution in [0.2, 0.25) is 10.0 Å². The molecule has 0 radical (unpaired) electrons. The average Bonchev–Trinajstić information content (AvgIpc) is 2.74. The molecule has 0 bridgehead atoms. The summed E-state index contributed by atoms with van der Waals surface area (Å²) in [6, 6.07) is 10.8. The molecule has 2 unspecified atom stereocenters. The summed E-state index contributed by atoms with van der Waals surface area (Å²) in [5, 5.41) is 3.31. The molecule has 2 rings (SSSR count). The van der Waals surface area contributed by atoms with Gasteiger partial charge in [-0.05, 0) is 56.2 Å². The number of nitrogens with one attached hydrogen (secondary N) is 1. The predicted molar refractivity (Wildman–Crippen MR) is 141 cm³/mol. The topological polar surface area (TPSA) is 86.8 Å². The zero-order valence-corrected chi connectivity index (χ0v) is 23.3. The normalized spacial score (nSPS) is 13.1. The van der Waals surface area contributed by atoms with Gasteiger partial charge in [-0.2, -0.15) is 0 Å². The van der Waals surface area contributed by atoms with Crippen molar-refractivity contribution in [2.24, 2.45) is 0 Å². The SMILES string of the molecule is CCC(C)NC(=O)C(C)N(Cc1cccc(Br)c1)C(=O)CN(c1ccc(Cl)cc1Cl)S(C)(=O)=O. The Hall–Kier alpha value is -1.81. The number of hydrogen-bond donors (Lipinski definition) is 1. The minimum atomic E-state index is -3.88. The number of carbonyl (C=O) groups excluding carboxylic acids is 2. The highest BCUT2D eigenvalue weighted by Gasteiger charge is 2.31. The van der Waals surface area contributed by atoms with Gasteiger partial charge in [-0.3, -0.25) is 13.9 Å². The highest BCUT2D eigenvalue weighted by molar-refractivity contribution is 9.10. The number of amides is 2. The van der Waals surface area contributed by atoms with Gasteiger partial charge in [0.25, 0.3) is 0 Å². The van der Waals surface area contributed by atoms with Crippen LogP contribution in [0.15, 0.2) is 46.9 Å². The first-order valence-electron chi connectivity index (χ1n) is 10.6. The second-order valence-electron chi connectivity index (χ2n) is 8.01. The van der Waals surface area contributed by atoms with E-state index in [2.05, 4.69) is 21.2 Å². The van der Waals surface area contributed by atoms with Crippen molar-refractivity contribution in [1.29, 1.82) is 0 Å². The molecule has 2 atom stereocenters. The fraction of sp³-hybridized carbons (Fsp3) is 0.391. The predicted octanol–water partition coefficient (Wildman–Crippen LogP) is 4.85. The third-order valence-corrected chi connectivity index (χ3v) is 7.43.